The van der Waals surface area contributed by atoms with Crippen molar-refractivity contribution in [2.45, 2.75) is 6.92 Å². The monoisotopic (exact) mass is 208 g/mol. The van der Waals surface area contributed by atoms with Crippen molar-refractivity contribution < 1.29 is 14.1 Å². The zero-order chi connectivity index (χ0) is 11.6. The molecule has 0 fully saturated rings. The van der Waals surface area contributed by atoms with E-state index < -0.39 is 33.3 Å². The summed E-state index contributed by atoms with van der Waals surface area (Å²) in [5.41, 5.74) is -1.42. The number of ketones is 1. The Labute approximate surface area is 83.9 Å². The minimum Gasteiger partial charge on any atom is -0.294 e. The molecule has 0 aliphatic heterocycles. The number of hydrogen-bond acceptors (Lipinski definition) is 4. The lowest BCUT2D eigenvalue weighted by molar-refractivity contribution is -0.384. The summed E-state index contributed by atoms with van der Waals surface area (Å²) in [6, 6.07) is 3.07. The van der Waals surface area contributed by atoms with Gasteiger partial charge < -0.3 is 0 Å². The Morgan fingerprint density at radius 1 is 1.60 bits per heavy atom. The predicted octanol–water partition coefficient (Wildman–Crippen LogP) is 1.81. The summed E-state index contributed by atoms with van der Waals surface area (Å²) in [6.45, 7) is 1.07. The Hall–Kier alpha value is -2.29. The molecule has 0 spiro atoms. The Balaban J connectivity index is 3.54. The number of hydrogen-bond donors (Lipinski definition) is 0. The quantitative estimate of drug-likeness (QED) is 0.421. The summed E-state index contributed by atoms with van der Waals surface area (Å²) >= 11 is 0. The maximum atomic E-state index is 13.3. The molecule has 15 heavy (non-hydrogen) atoms. The van der Waals surface area contributed by atoms with Crippen LogP contribution in [0.1, 0.15) is 22.8 Å². The average molecular weight is 208 g/mol. The molecule has 0 bridgehead atoms. The molecule has 5 nitrogen and oxygen atoms in total. The first kappa shape index (κ1) is 10.8. The van der Waals surface area contributed by atoms with Crippen LogP contribution in [0.5, 0.6) is 0 Å². The maximum absolute atomic E-state index is 13.3. The van der Waals surface area contributed by atoms with E-state index in [4.69, 9.17) is 5.26 Å². The Morgan fingerprint density at radius 2 is 2.20 bits per heavy atom. The van der Waals surface area contributed by atoms with Gasteiger partial charge in [0.2, 0.25) is 0 Å². The third kappa shape index (κ3) is 1.96. The molecule has 0 saturated heterocycles. The largest absolute Gasteiger partial charge is 0.294 e. The minimum absolute atomic E-state index is 0.444. The van der Waals surface area contributed by atoms with Crippen LogP contribution < -0.4 is 0 Å². The van der Waals surface area contributed by atoms with Gasteiger partial charge in [0.25, 0.3) is 5.69 Å². The van der Waals surface area contributed by atoms with Gasteiger partial charge in [-0.15, -0.1) is 0 Å². The van der Waals surface area contributed by atoms with Crippen molar-refractivity contribution in [3.63, 3.8) is 0 Å². The number of nitro groups is 1. The van der Waals surface area contributed by atoms with Gasteiger partial charge in [-0.3, -0.25) is 14.9 Å². The van der Waals surface area contributed by atoms with Gasteiger partial charge in [0, 0.05) is 12.1 Å². The second-order valence-corrected chi connectivity index (χ2v) is 2.78. The molecule has 76 valence electrons. The highest BCUT2D eigenvalue weighted by Gasteiger charge is 2.18. The number of rotatable bonds is 2. The summed E-state index contributed by atoms with van der Waals surface area (Å²) in [4.78, 5) is 20.6. The van der Waals surface area contributed by atoms with Gasteiger partial charge in [0.1, 0.15) is 6.07 Å². The number of nitro benzene ring substituents is 1. The number of non-ortho nitro benzene ring substituents is 1. The first-order valence-corrected chi connectivity index (χ1v) is 3.86. The Kier molecular flexibility index (Phi) is 2.76. The highest BCUT2D eigenvalue weighted by molar-refractivity contribution is 5.95. The number of halogens is 1. The number of Topliss-reactive ketones (excluding diaryl/α,β-unsaturated/α-hetero) is 1. The molecule has 6 heteroatoms. The molecule has 0 aliphatic carbocycles. The number of nitrogens with zero attached hydrogens (tertiary/aromatic N) is 2. The van der Waals surface area contributed by atoms with E-state index in [1.807, 2.05) is 0 Å². The van der Waals surface area contributed by atoms with Crippen LogP contribution in [0.3, 0.4) is 0 Å². The van der Waals surface area contributed by atoms with Crippen molar-refractivity contribution >= 4 is 11.5 Å². The van der Waals surface area contributed by atoms with E-state index >= 15 is 0 Å². The van der Waals surface area contributed by atoms with Gasteiger partial charge in [-0.25, -0.2) is 4.39 Å². The summed E-state index contributed by atoms with van der Waals surface area (Å²) in [5.74, 6) is -1.68. The van der Waals surface area contributed by atoms with E-state index in [1.165, 1.54) is 6.07 Å². The van der Waals surface area contributed by atoms with Gasteiger partial charge in [0.15, 0.2) is 11.6 Å². The van der Waals surface area contributed by atoms with Crippen molar-refractivity contribution in [2.75, 3.05) is 0 Å². The van der Waals surface area contributed by atoms with Crippen LogP contribution in [0.15, 0.2) is 12.1 Å². The van der Waals surface area contributed by atoms with Gasteiger partial charge in [-0.05, 0) is 6.92 Å². The molecule has 0 amide bonds. The molecule has 0 heterocycles. The maximum Gasteiger partial charge on any atom is 0.271 e. The number of carbonyl (C=O) groups excluding carboxylic acids is 1. The SMILES string of the molecule is CC(=O)c1cc([N+](=O)[O-])cc(C#N)c1F. The lowest BCUT2D eigenvalue weighted by Crippen LogP contribution is -2.02. The summed E-state index contributed by atoms with van der Waals surface area (Å²) in [6.07, 6.45) is 0. The van der Waals surface area contributed by atoms with E-state index in [1.54, 1.807) is 0 Å². The van der Waals surface area contributed by atoms with Crippen LogP contribution in [-0.4, -0.2) is 10.7 Å². The lowest BCUT2D eigenvalue weighted by Gasteiger charge is -2.00. The Bertz CT molecular complexity index is 491. The minimum atomic E-state index is -1.02. The highest BCUT2D eigenvalue weighted by Crippen LogP contribution is 2.21. The van der Waals surface area contributed by atoms with Crippen LogP contribution in [-0.2, 0) is 0 Å². The first-order valence-electron chi connectivity index (χ1n) is 3.86. The van der Waals surface area contributed by atoms with Crippen molar-refractivity contribution in [2.24, 2.45) is 0 Å². The highest BCUT2D eigenvalue weighted by atomic mass is 19.1. The van der Waals surface area contributed by atoms with Crippen LogP contribution in [0.25, 0.3) is 0 Å². The molecule has 1 aromatic carbocycles. The van der Waals surface area contributed by atoms with Crippen molar-refractivity contribution in [1.82, 2.24) is 0 Å². The zero-order valence-corrected chi connectivity index (χ0v) is 7.65. The molecule has 1 rings (SSSR count). The molecular weight excluding hydrogens is 203 g/mol. The molecule has 1 aromatic rings. The van der Waals surface area contributed by atoms with E-state index in [0.29, 0.717) is 0 Å². The number of benzene rings is 1. The van der Waals surface area contributed by atoms with Crippen LogP contribution in [0.2, 0.25) is 0 Å². The van der Waals surface area contributed by atoms with Crippen molar-refractivity contribution in [3.05, 3.63) is 39.2 Å². The first-order chi connectivity index (χ1) is 6.97. The van der Waals surface area contributed by atoms with Gasteiger partial charge in [0.05, 0.1) is 16.1 Å². The van der Waals surface area contributed by atoms with E-state index in [2.05, 4.69) is 0 Å². The number of nitriles is 1. The normalized spacial score (nSPS) is 9.40. The fourth-order valence-corrected chi connectivity index (χ4v) is 1.05. The second-order valence-electron chi connectivity index (χ2n) is 2.78. The topological polar surface area (TPSA) is 84.0 Å². The third-order valence-electron chi connectivity index (χ3n) is 1.77. The standard InChI is InChI=1S/C9H5FN2O3/c1-5(13)8-3-7(12(14)15)2-6(4-11)9(8)10/h2-3H,1H3. The van der Waals surface area contributed by atoms with Crippen molar-refractivity contribution in [3.8, 4) is 6.07 Å². The van der Waals surface area contributed by atoms with E-state index in [9.17, 15) is 19.3 Å². The fourth-order valence-electron chi connectivity index (χ4n) is 1.05. The van der Waals surface area contributed by atoms with Crippen LogP contribution in [0, 0.1) is 27.3 Å². The third-order valence-corrected chi connectivity index (χ3v) is 1.77. The smallest absolute Gasteiger partial charge is 0.271 e. The van der Waals surface area contributed by atoms with Crippen LogP contribution in [0.4, 0.5) is 10.1 Å². The summed E-state index contributed by atoms with van der Waals surface area (Å²) < 4.78 is 13.3. The lowest BCUT2D eigenvalue weighted by atomic mass is 10.1. The zero-order valence-electron chi connectivity index (χ0n) is 7.65. The molecule has 0 radical (unpaired) electrons. The van der Waals surface area contributed by atoms with Gasteiger partial charge in [-0.2, -0.15) is 5.26 Å². The average Bonchev–Trinajstić information content (AvgIpc) is 2.17. The van der Waals surface area contributed by atoms with Crippen molar-refractivity contribution in [1.29, 1.82) is 5.26 Å². The molecule has 0 aliphatic rings. The molecule has 0 saturated carbocycles. The number of carbonyl (C=O) groups is 1. The van der Waals surface area contributed by atoms with E-state index in [0.717, 1.165) is 19.1 Å². The van der Waals surface area contributed by atoms with E-state index in [-0.39, 0.29) is 0 Å². The molecule has 0 unspecified atom stereocenters. The van der Waals surface area contributed by atoms with Crippen LogP contribution >= 0.6 is 0 Å². The molecular formula is C9H5FN2O3. The molecule has 0 atom stereocenters. The molecule has 0 N–H and O–H groups in total. The summed E-state index contributed by atoms with van der Waals surface area (Å²) in [7, 11) is 0. The Morgan fingerprint density at radius 3 is 2.60 bits per heavy atom. The predicted molar refractivity (Wildman–Crippen MR) is 47.8 cm³/mol. The fraction of sp³-hybridized carbons (Fsp3) is 0.111. The summed E-state index contributed by atoms with van der Waals surface area (Å²) in [5, 5.41) is 18.9. The second kappa shape index (κ2) is 3.84. The van der Waals surface area contributed by atoms with Gasteiger partial charge >= 0.3 is 0 Å². The molecule has 0 aromatic heterocycles. The van der Waals surface area contributed by atoms with Gasteiger partial charge in [-0.1, -0.05) is 0 Å².